The topological polar surface area (TPSA) is 58.6 Å². The molecular formula is C24H34N2O3. The zero-order valence-electron chi connectivity index (χ0n) is 17.6. The van der Waals surface area contributed by atoms with Crippen molar-refractivity contribution in [1.29, 1.82) is 0 Å². The van der Waals surface area contributed by atoms with Crippen LogP contribution in [0, 0.1) is 11.3 Å². The molecule has 1 heterocycles. The Hall–Kier alpha value is -2.04. The summed E-state index contributed by atoms with van der Waals surface area (Å²) in [6.07, 6.45) is 10.4. The van der Waals surface area contributed by atoms with Crippen LogP contribution in [0.3, 0.4) is 0 Å². The third kappa shape index (κ3) is 4.93. The number of ether oxygens (including phenoxy) is 1. The molecule has 5 nitrogen and oxygen atoms in total. The minimum absolute atomic E-state index is 0.194. The van der Waals surface area contributed by atoms with E-state index in [4.69, 9.17) is 4.74 Å². The number of carbonyl (C=O) groups is 2. The molecule has 1 aromatic rings. The molecule has 3 aliphatic rings. The van der Waals surface area contributed by atoms with Crippen LogP contribution in [0.25, 0.3) is 0 Å². The van der Waals surface area contributed by atoms with E-state index in [1.54, 1.807) is 7.11 Å². The minimum Gasteiger partial charge on any atom is -0.497 e. The quantitative estimate of drug-likeness (QED) is 0.762. The zero-order valence-corrected chi connectivity index (χ0v) is 17.6. The number of nitrogens with one attached hydrogen (secondary N) is 1. The number of benzene rings is 1. The second-order valence-corrected chi connectivity index (χ2v) is 9.30. The summed E-state index contributed by atoms with van der Waals surface area (Å²) < 4.78 is 5.29. The lowest BCUT2D eigenvalue weighted by molar-refractivity contribution is -0.130. The summed E-state index contributed by atoms with van der Waals surface area (Å²) in [5, 5.41) is 3.12. The molecule has 2 saturated carbocycles. The fourth-order valence-corrected chi connectivity index (χ4v) is 5.34. The van der Waals surface area contributed by atoms with Crippen molar-refractivity contribution in [1.82, 2.24) is 10.2 Å². The van der Waals surface area contributed by atoms with E-state index in [-0.39, 0.29) is 17.2 Å². The summed E-state index contributed by atoms with van der Waals surface area (Å²) in [5.41, 5.74) is 1.22. The van der Waals surface area contributed by atoms with Crippen molar-refractivity contribution >= 4 is 11.8 Å². The predicted octanol–water partition coefficient (Wildman–Crippen LogP) is 3.71. The smallest absolute Gasteiger partial charge is 0.227 e. The number of carbonyl (C=O) groups excluding carboxylic acids is 2. The summed E-state index contributed by atoms with van der Waals surface area (Å²) in [5.74, 6) is 1.63. The number of amides is 2. The second-order valence-electron chi connectivity index (χ2n) is 9.30. The molecular weight excluding hydrogens is 364 g/mol. The van der Waals surface area contributed by atoms with Crippen molar-refractivity contribution in [2.45, 2.75) is 70.3 Å². The molecule has 1 N–H and O–H groups in total. The summed E-state index contributed by atoms with van der Waals surface area (Å²) in [7, 11) is 1.65. The van der Waals surface area contributed by atoms with E-state index >= 15 is 0 Å². The maximum atomic E-state index is 13.1. The third-order valence-corrected chi connectivity index (χ3v) is 7.17. The van der Waals surface area contributed by atoms with Gasteiger partial charge in [0.15, 0.2) is 0 Å². The highest BCUT2D eigenvalue weighted by molar-refractivity contribution is 5.79. The third-order valence-electron chi connectivity index (χ3n) is 7.17. The maximum Gasteiger partial charge on any atom is 0.227 e. The molecule has 1 unspecified atom stereocenters. The van der Waals surface area contributed by atoms with E-state index < -0.39 is 0 Å². The van der Waals surface area contributed by atoms with Crippen molar-refractivity contribution < 1.29 is 14.3 Å². The predicted molar refractivity (Wildman–Crippen MR) is 113 cm³/mol. The molecule has 158 valence electrons. The molecule has 2 amide bonds. The molecule has 1 aromatic carbocycles. The molecule has 4 rings (SSSR count). The van der Waals surface area contributed by atoms with Crippen LogP contribution in [0.5, 0.6) is 5.75 Å². The first-order valence-electron chi connectivity index (χ1n) is 11.3. The molecule has 0 radical (unpaired) electrons. The molecule has 5 heteroatoms. The van der Waals surface area contributed by atoms with Crippen LogP contribution < -0.4 is 10.1 Å². The number of nitrogens with zero attached hydrogens (tertiary/aromatic N) is 1. The van der Waals surface area contributed by atoms with Crippen LogP contribution in [0.15, 0.2) is 24.3 Å². The normalized spacial score (nSPS) is 23.2. The summed E-state index contributed by atoms with van der Waals surface area (Å²) in [4.78, 5) is 27.4. The van der Waals surface area contributed by atoms with Gasteiger partial charge in [-0.15, -0.1) is 0 Å². The van der Waals surface area contributed by atoms with Crippen molar-refractivity contribution in [3.05, 3.63) is 29.8 Å². The first-order chi connectivity index (χ1) is 14.1. The van der Waals surface area contributed by atoms with E-state index in [0.717, 1.165) is 43.7 Å². The number of rotatable bonds is 7. The Morgan fingerprint density at radius 1 is 1.21 bits per heavy atom. The Bertz CT molecular complexity index is 737. The average molecular weight is 399 g/mol. The van der Waals surface area contributed by atoms with Gasteiger partial charge in [0.2, 0.25) is 11.8 Å². The minimum atomic E-state index is 0.194. The molecule has 1 saturated heterocycles. The number of hydrogen-bond acceptors (Lipinski definition) is 3. The fourth-order valence-electron chi connectivity index (χ4n) is 5.34. The highest BCUT2D eigenvalue weighted by Gasteiger charge is 2.47. The van der Waals surface area contributed by atoms with Crippen LogP contribution in [0.4, 0.5) is 0 Å². The van der Waals surface area contributed by atoms with Crippen molar-refractivity contribution in [2.24, 2.45) is 11.3 Å². The molecule has 1 atom stereocenters. The van der Waals surface area contributed by atoms with Gasteiger partial charge >= 0.3 is 0 Å². The van der Waals surface area contributed by atoms with Gasteiger partial charge in [-0.25, -0.2) is 0 Å². The van der Waals surface area contributed by atoms with Gasteiger partial charge in [0.1, 0.15) is 5.75 Å². The average Bonchev–Trinajstić information content (AvgIpc) is 3.48. The number of hydrogen-bond donors (Lipinski definition) is 1. The van der Waals surface area contributed by atoms with Gasteiger partial charge in [-0.3, -0.25) is 9.59 Å². The lowest BCUT2D eigenvalue weighted by Gasteiger charge is -2.38. The first-order valence-corrected chi connectivity index (χ1v) is 11.3. The van der Waals surface area contributed by atoms with Crippen LogP contribution in [-0.2, 0) is 16.0 Å². The largest absolute Gasteiger partial charge is 0.497 e. The lowest BCUT2D eigenvalue weighted by Crippen LogP contribution is -2.35. The second kappa shape index (κ2) is 8.76. The van der Waals surface area contributed by atoms with Gasteiger partial charge in [0.25, 0.3) is 0 Å². The molecule has 2 aliphatic carbocycles. The standard InChI is InChI=1S/C24H34N2O3/c1-29-21-7-5-6-18(14-21)15-23(28)26-16-19(8-11-22(27)25-20-9-10-20)24(17-26)12-3-2-4-13-24/h5-7,14,19-20H,2-4,8-13,15-17H2,1H3,(H,25,27). The van der Waals surface area contributed by atoms with E-state index in [0.29, 0.717) is 24.8 Å². The highest BCUT2D eigenvalue weighted by Crippen LogP contribution is 2.49. The number of methoxy groups -OCH3 is 1. The van der Waals surface area contributed by atoms with E-state index in [9.17, 15) is 9.59 Å². The summed E-state index contributed by atoms with van der Waals surface area (Å²) >= 11 is 0. The van der Waals surface area contributed by atoms with Crippen molar-refractivity contribution in [2.75, 3.05) is 20.2 Å². The molecule has 29 heavy (non-hydrogen) atoms. The van der Waals surface area contributed by atoms with Gasteiger partial charge < -0.3 is 15.0 Å². The van der Waals surface area contributed by atoms with E-state index in [2.05, 4.69) is 10.2 Å². The van der Waals surface area contributed by atoms with Gasteiger partial charge in [0.05, 0.1) is 13.5 Å². The summed E-state index contributed by atoms with van der Waals surface area (Å²) in [6.45, 7) is 1.67. The van der Waals surface area contributed by atoms with Gasteiger partial charge in [-0.2, -0.15) is 0 Å². The van der Waals surface area contributed by atoms with Gasteiger partial charge in [-0.05, 0) is 61.1 Å². The molecule has 3 fully saturated rings. The highest BCUT2D eigenvalue weighted by atomic mass is 16.5. The van der Waals surface area contributed by atoms with E-state index in [1.165, 1.54) is 32.1 Å². The van der Waals surface area contributed by atoms with Gasteiger partial charge in [0, 0.05) is 25.6 Å². The van der Waals surface area contributed by atoms with Crippen molar-refractivity contribution in [3.8, 4) is 5.75 Å². The maximum absolute atomic E-state index is 13.1. The monoisotopic (exact) mass is 398 g/mol. The Morgan fingerprint density at radius 3 is 2.72 bits per heavy atom. The Balaban J connectivity index is 1.39. The lowest BCUT2D eigenvalue weighted by atomic mass is 9.66. The first kappa shape index (κ1) is 20.2. The van der Waals surface area contributed by atoms with E-state index in [1.807, 2.05) is 24.3 Å². The Kier molecular flexibility index (Phi) is 6.12. The SMILES string of the molecule is COc1cccc(CC(=O)N2CC(CCC(=O)NC3CC3)C3(CCCCC3)C2)c1. The van der Waals surface area contributed by atoms with Crippen LogP contribution in [0.1, 0.15) is 63.4 Å². The van der Waals surface area contributed by atoms with Crippen LogP contribution in [-0.4, -0.2) is 43.0 Å². The Labute approximate surface area is 174 Å². The van der Waals surface area contributed by atoms with Crippen LogP contribution in [0.2, 0.25) is 0 Å². The van der Waals surface area contributed by atoms with Crippen LogP contribution >= 0.6 is 0 Å². The zero-order chi connectivity index (χ0) is 20.3. The molecule has 0 aromatic heterocycles. The molecule has 1 aliphatic heterocycles. The summed E-state index contributed by atoms with van der Waals surface area (Å²) in [6, 6.07) is 8.21. The molecule has 0 bridgehead atoms. The fraction of sp³-hybridized carbons (Fsp3) is 0.667. The Morgan fingerprint density at radius 2 is 2.00 bits per heavy atom. The van der Waals surface area contributed by atoms with Gasteiger partial charge in [-0.1, -0.05) is 31.4 Å². The van der Waals surface area contributed by atoms with Crippen molar-refractivity contribution in [3.63, 3.8) is 0 Å². The molecule has 1 spiro atoms. The number of likely N-dealkylation sites (tertiary alicyclic amines) is 1.